The van der Waals surface area contributed by atoms with Gasteiger partial charge in [0.15, 0.2) is 5.17 Å². The predicted octanol–water partition coefficient (Wildman–Crippen LogP) is 3.27. The van der Waals surface area contributed by atoms with Crippen LogP contribution in [-0.4, -0.2) is 40.5 Å². The lowest BCUT2D eigenvalue weighted by molar-refractivity contribution is -0.122. The van der Waals surface area contributed by atoms with E-state index in [4.69, 9.17) is 4.74 Å². The zero-order valence-electron chi connectivity index (χ0n) is 16.4. The van der Waals surface area contributed by atoms with E-state index in [2.05, 4.69) is 20.8 Å². The largest absolute Gasteiger partial charge is 0.462 e. The molecule has 0 unspecified atom stereocenters. The van der Waals surface area contributed by atoms with Gasteiger partial charge in [-0.25, -0.2) is 4.79 Å². The summed E-state index contributed by atoms with van der Waals surface area (Å²) in [5, 5.41) is 15.3. The molecule has 30 heavy (non-hydrogen) atoms. The van der Waals surface area contributed by atoms with Crippen LogP contribution in [-0.2, 0) is 14.3 Å². The molecule has 1 aliphatic rings. The highest BCUT2D eigenvalue weighted by Crippen LogP contribution is 2.23. The number of thioether (sulfide) groups is 1. The Labute approximate surface area is 181 Å². The first-order chi connectivity index (χ1) is 14.5. The van der Waals surface area contributed by atoms with Crippen molar-refractivity contribution < 1.29 is 19.1 Å². The molecule has 0 aliphatic carbocycles. The van der Waals surface area contributed by atoms with Gasteiger partial charge in [-0.2, -0.15) is 5.10 Å². The van der Waals surface area contributed by atoms with Gasteiger partial charge in [-0.05, 0) is 49.6 Å². The van der Waals surface area contributed by atoms with Crippen LogP contribution in [0.4, 0.5) is 5.69 Å². The Kier molecular flexibility index (Phi) is 7.36. The third-order valence-electron chi connectivity index (χ3n) is 4.00. The Hall–Kier alpha value is -2.98. The number of benzene rings is 1. The smallest absolute Gasteiger partial charge is 0.338 e. The van der Waals surface area contributed by atoms with E-state index in [1.54, 1.807) is 42.5 Å². The molecule has 1 fully saturated rings. The second-order valence-corrected chi connectivity index (χ2v) is 8.35. The molecule has 0 radical (unpaired) electrons. The molecule has 0 bridgehead atoms. The molecular formula is C20H20N4O4S2. The minimum atomic E-state index is -0.584. The number of amides is 2. The van der Waals surface area contributed by atoms with Gasteiger partial charge in [0.2, 0.25) is 11.8 Å². The maximum absolute atomic E-state index is 12.3. The number of anilines is 1. The lowest BCUT2D eigenvalue weighted by atomic mass is 10.2. The van der Waals surface area contributed by atoms with E-state index in [0.29, 0.717) is 23.0 Å². The van der Waals surface area contributed by atoms with E-state index < -0.39 is 11.2 Å². The molecule has 1 aliphatic heterocycles. The summed E-state index contributed by atoms with van der Waals surface area (Å²) in [6, 6.07) is 10.2. The molecule has 10 heteroatoms. The lowest BCUT2D eigenvalue weighted by Crippen LogP contribution is -2.28. The normalized spacial score (nSPS) is 17.7. The van der Waals surface area contributed by atoms with E-state index >= 15 is 0 Å². The summed E-state index contributed by atoms with van der Waals surface area (Å²) in [6.07, 6.45) is -0.0111. The van der Waals surface area contributed by atoms with Gasteiger partial charge in [0.25, 0.3) is 0 Å². The summed E-state index contributed by atoms with van der Waals surface area (Å²) in [5.41, 5.74) is 1.68. The Morgan fingerprint density at radius 3 is 2.67 bits per heavy atom. The molecule has 156 valence electrons. The zero-order valence-corrected chi connectivity index (χ0v) is 18.0. The van der Waals surface area contributed by atoms with Crippen LogP contribution in [0, 0.1) is 0 Å². The molecule has 2 heterocycles. The van der Waals surface area contributed by atoms with E-state index in [9.17, 15) is 14.4 Å². The molecule has 2 aromatic rings. The molecule has 3 rings (SSSR count). The number of carbonyl (C=O) groups excluding carboxylic acids is 3. The standard InChI is InChI=1S/C20H20N4O4S2/c1-3-28-19(27)13-6-8-14(9-7-13)21-17(25)11-16-18(26)22-20(30-16)24-23-12(2)15-5-4-10-29-15/h4-10,16H,3,11H2,1-2H3,(H,21,25)(H,22,24,26)/b23-12-/t16-/m1/s1. The zero-order chi connectivity index (χ0) is 21.5. The van der Waals surface area contributed by atoms with Gasteiger partial charge >= 0.3 is 5.97 Å². The van der Waals surface area contributed by atoms with Crippen molar-refractivity contribution in [3.05, 3.63) is 52.2 Å². The van der Waals surface area contributed by atoms with Gasteiger partial charge in [-0.15, -0.1) is 16.4 Å². The number of carbonyl (C=O) groups is 3. The van der Waals surface area contributed by atoms with Crippen LogP contribution < -0.4 is 10.6 Å². The fraction of sp³-hybridized carbons (Fsp3) is 0.250. The van der Waals surface area contributed by atoms with Crippen LogP contribution in [0.5, 0.6) is 0 Å². The van der Waals surface area contributed by atoms with E-state index in [1.807, 2.05) is 24.4 Å². The van der Waals surface area contributed by atoms with Crippen LogP contribution in [0.25, 0.3) is 0 Å². The first kappa shape index (κ1) is 21.7. The number of amidine groups is 1. The van der Waals surface area contributed by atoms with E-state index in [-0.39, 0.29) is 18.2 Å². The molecule has 1 aromatic carbocycles. The van der Waals surface area contributed by atoms with Crippen LogP contribution in [0.2, 0.25) is 0 Å². The molecular weight excluding hydrogens is 424 g/mol. The number of esters is 1. The Morgan fingerprint density at radius 1 is 1.23 bits per heavy atom. The Morgan fingerprint density at radius 2 is 2.00 bits per heavy atom. The van der Waals surface area contributed by atoms with Crippen molar-refractivity contribution in [3.63, 3.8) is 0 Å². The highest BCUT2D eigenvalue weighted by Gasteiger charge is 2.32. The maximum atomic E-state index is 12.3. The maximum Gasteiger partial charge on any atom is 0.338 e. The number of ether oxygens (including phenoxy) is 1. The van der Waals surface area contributed by atoms with Crippen molar-refractivity contribution in [1.29, 1.82) is 0 Å². The summed E-state index contributed by atoms with van der Waals surface area (Å²) >= 11 is 2.73. The second-order valence-electron chi connectivity index (χ2n) is 6.21. The molecule has 2 amide bonds. The van der Waals surface area contributed by atoms with Crippen LogP contribution >= 0.6 is 23.1 Å². The number of nitrogens with zero attached hydrogens (tertiary/aromatic N) is 2. The number of hydrogen-bond donors (Lipinski definition) is 2. The van der Waals surface area contributed by atoms with Crippen molar-refractivity contribution >= 4 is 57.4 Å². The number of nitrogens with one attached hydrogen (secondary N) is 2. The lowest BCUT2D eigenvalue weighted by Gasteiger charge is -2.08. The summed E-state index contributed by atoms with van der Waals surface area (Å²) in [4.78, 5) is 37.1. The minimum Gasteiger partial charge on any atom is -0.462 e. The summed E-state index contributed by atoms with van der Waals surface area (Å²) in [6.45, 7) is 3.87. The van der Waals surface area contributed by atoms with Gasteiger partial charge in [-0.3, -0.25) is 9.59 Å². The first-order valence-electron chi connectivity index (χ1n) is 9.17. The molecule has 0 saturated carbocycles. The van der Waals surface area contributed by atoms with Crippen LogP contribution in [0.3, 0.4) is 0 Å². The molecule has 2 N–H and O–H groups in total. The van der Waals surface area contributed by atoms with E-state index in [1.165, 1.54) is 11.8 Å². The third kappa shape index (κ3) is 5.77. The molecule has 1 aromatic heterocycles. The van der Waals surface area contributed by atoms with Crippen molar-refractivity contribution in [2.75, 3.05) is 11.9 Å². The van der Waals surface area contributed by atoms with Gasteiger partial charge in [0.05, 0.1) is 22.8 Å². The number of rotatable bonds is 7. The van der Waals surface area contributed by atoms with Gasteiger partial charge in [0, 0.05) is 12.1 Å². The molecule has 0 spiro atoms. The summed E-state index contributed by atoms with van der Waals surface area (Å²) < 4.78 is 4.92. The SMILES string of the molecule is CCOC(=O)c1ccc(NC(=O)C[C@H]2S/C(=N\N=C(\C)c3cccs3)NC2=O)cc1. The van der Waals surface area contributed by atoms with Crippen molar-refractivity contribution in [1.82, 2.24) is 5.32 Å². The van der Waals surface area contributed by atoms with Gasteiger partial charge < -0.3 is 15.4 Å². The van der Waals surface area contributed by atoms with Gasteiger partial charge in [0.1, 0.15) is 5.25 Å². The summed E-state index contributed by atoms with van der Waals surface area (Å²) in [5.74, 6) is -1.01. The number of thiophene rings is 1. The van der Waals surface area contributed by atoms with Crippen LogP contribution in [0.1, 0.15) is 35.5 Å². The minimum absolute atomic E-state index is 0.0111. The average Bonchev–Trinajstić information content (AvgIpc) is 3.37. The van der Waals surface area contributed by atoms with Crippen molar-refractivity contribution in [2.24, 2.45) is 10.2 Å². The van der Waals surface area contributed by atoms with E-state index in [0.717, 1.165) is 10.6 Å². The van der Waals surface area contributed by atoms with Crippen LogP contribution in [0.15, 0.2) is 52.0 Å². The quantitative estimate of drug-likeness (QED) is 0.387. The highest BCUT2D eigenvalue weighted by molar-refractivity contribution is 8.15. The van der Waals surface area contributed by atoms with Crippen molar-refractivity contribution in [3.8, 4) is 0 Å². The Balaban J connectivity index is 1.54. The second kappa shape index (κ2) is 10.2. The monoisotopic (exact) mass is 444 g/mol. The Bertz CT molecular complexity index is 985. The fourth-order valence-corrected chi connectivity index (χ4v) is 4.12. The third-order valence-corrected chi connectivity index (χ3v) is 6.05. The van der Waals surface area contributed by atoms with Gasteiger partial charge in [-0.1, -0.05) is 17.8 Å². The molecule has 1 atom stereocenters. The topological polar surface area (TPSA) is 109 Å². The first-order valence-corrected chi connectivity index (χ1v) is 10.9. The molecule has 8 nitrogen and oxygen atoms in total. The summed E-state index contributed by atoms with van der Waals surface area (Å²) in [7, 11) is 0. The highest BCUT2D eigenvalue weighted by atomic mass is 32.2. The average molecular weight is 445 g/mol. The fourth-order valence-electron chi connectivity index (χ4n) is 2.53. The van der Waals surface area contributed by atoms with Crippen molar-refractivity contribution in [2.45, 2.75) is 25.5 Å². The predicted molar refractivity (Wildman–Crippen MR) is 119 cm³/mol. The molecule has 1 saturated heterocycles. The number of hydrogen-bond acceptors (Lipinski definition) is 8.